The average molecular weight is 336 g/mol. The first-order chi connectivity index (χ1) is 11.1. The molecular formula is C16H18ClN3O3. The van der Waals surface area contributed by atoms with E-state index in [1.165, 1.54) is 0 Å². The first-order valence-corrected chi connectivity index (χ1v) is 7.80. The molecule has 0 aliphatic carbocycles. The lowest BCUT2D eigenvalue weighted by Gasteiger charge is -2.18. The zero-order chi connectivity index (χ0) is 16.2. The molecule has 0 fully saturated rings. The number of carbonyl (C=O) groups excluding carboxylic acids is 1. The molecular weight excluding hydrogens is 318 g/mol. The minimum Gasteiger partial charge on any atom is -0.492 e. The molecule has 0 saturated carbocycles. The summed E-state index contributed by atoms with van der Waals surface area (Å²) in [5, 5.41) is 7.69. The van der Waals surface area contributed by atoms with Crippen molar-refractivity contribution in [2.45, 2.75) is 13.0 Å². The Morgan fingerprint density at radius 3 is 3.22 bits per heavy atom. The summed E-state index contributed by atoms with van der Waals surface area (Å²) >= 11 is 5.90. The number of rotatable bonds is 5. The number of nitrogens with zero attached hydrogens (tertiary/aromatic N) is 2. The number of fused-ring (bicyclic) bond motifs is 1. The zero-order valence-corrected chi connectivity index (χ0v) is 13.6. The van der Waals surface area contributed by atoms with Gasteiger partial charge in [-0.15, -0.1) is 0 Å². The topological polar surface area (TPSA) is 67.5 Å². The Morgan fingerprint density at radius 2 is 2.39 bits per heavy atom. The minimum absolute atomic E-state index is 0.136. The van der Waals surface area contributed by atoms with Gasteiger partial charge in [0.15, 0.2) is 5.69 Å². The summed E-state index contributed by atoms with van der Waals surface area (Å²) in [4.78, 5) is 14.1. The predicted molar refractivity (Wildman–Crippen MR) is 85.9 cm³/mol. The lowest BCUT2D eigenvalue weighted by atomic mass is 10.1. The molecule has 0 atom stereocenters. The van der Waals surface area contributed by atoms with Crippen molar-refractivity contribution in [2.24, 2.45) is 0 Å². The molecule has 1 aromatic heterocycles. The molecule has 1 aliphatic rings. The molecule has 0 radical (unpaired) electrons. The van der Waals surface area contributed by atoms with Crippen LogP contribution in [0.3, 0.4) is 0 Å². The Labute approximate surface area is 139 Å². The fourth-order valence-electron chi connectivity index (χ4n) is 2.43. The van der Waals surface area contributed by atoms with Crippen LogP contribution >= 0.6 is 11.6 Å². The van der Waals surface area contributed by atoms with Gasteiger partial charge >= 0.3 is 0 Å². The molecule has 1 aromatic carbocycles. The number of benzene rings is 1. The van der Waals surface area contributed by atoms with Crippen molar-refractivity contribution >= 4 is 17.5 Å². The smallest absolute Gasteiger partial charge is 0.274 e. The van der Waals surface area contributed by atoms with Crippen molar-refractivity contribution in [1.29, 1.82) is 0 Å². The number of hydrogen-bond donors (Lipinski definition) is 1. The van der Waals surface area contributed by atoms with Gasteiger partial charge < -0.3 is 14.4 Å². The van der Waals surface area contributed by atoms with Crippen LogP contribution in [0.2, 0.25) is 5.02 Å². The highest BCUT2D eigenvalue weighted by atomic mass is 35.5. The number of carbonyl (C=O) groups is 1. The van der Waals surface area contributed by atoms with Gasteiger partial charge in [-0.25, -0.2) is 0 Å². The molecule has 2 aromatic rings. The summed E-state index contributed by atoms with van der Waals surface area (Å²) in [5.41, 5.74) is 2.29. The second kappa shape index (κ2) is 7.02. The summed E-state index contributed by atoms with van der Waals surface area (Å²) in [6.45, 7) is 1.92. The van der Waals surface area contributed by atoms with E-state index in [4.69, 9.17) is 21.1 Å². The van der Waals surface area contributed by atoms with Gasteiger partial charge in [0.25, 0.3) is 5.91 Å². The summed E-state index contributed by atoms with van der Waals surface area (Å²) in [5.74, 6) is 0.548. The molecule has 1 N–H and O–H groups in total. The first kappa shape index (κ1) is 15.8. The first-order valence-electron chi connectivity index (χ1n) is 7.43. The van der Waals surface area contributed by atoms with E-state index in [1.54, 1.807) is 24.1 Å². The van der Waals surface area contributed by atoms with E-state index < -0.39 is 0 Å². The minimum atomic E-state index is -0.136. The normalized spacial score (nSPS) is 13.5. The molecule has 122 valence electrons. The Kier molecular flexibility index (Phi) is 4.83. The van der Waals surface area contributed by atoms with Gasteiger partial charge in [-0.1, -0.05) is 17.7 Å². The second-order valence-electron chi connectivity index (χ2n) is 5.36. The van der Waals surface area contributed by atoms with Gasteiger partial charge in [0.2, 0.25) is 0 Å². The van der Waals surface area contributed by atoms with Gasteiger partial charge in [-0.05, 0) is 18.2 Å². The van der Waals surface area contributed by atoms with E-state index >= 15 is 0 Å². The maximum atomic E-state index is 12.5. The van der Waals surface area contributed by atoms with E-state index in [0.29, 0.717) is 42.8 Å². The van der Waals surface area contributed by atoms with Crippen LogP contribution < -0.4 is 4.74 Å². The molecule has 0 unspecified atom stereocenters. The van der Waals surface area contributed by atoms with Gasteiger partial charge in [0, 0.05) is 29.7 Å². The molecule has 0 bridgehead atoms. The molecule has 2 heterocycles. The summed E-state index contributed by atoms with van der Waals surface area (Å²) in [6, 6.07) is 7.18. The van der Waals surface area contributed by atoms with E-state index in [2.05, 4.69) is 10.2 Å². The number of ether oxygens (including phenoxy) is 2. The molecule has 7 heteroatoms. The average Bonchev–Trinajstić information content (AvgIpc) is 2.98. The lowest BCUT2D eigenvalue weighted by Crippen LogP contribution is -2.32. The maximum absolute atomic E-state index is 12.5. The number of nitrogens with one attached hydrogen (secondary N) is 1. The third-order valence-corrected chi connectivity index (χ3v) is 3.97. The van der Waals surface area contributed by atoms with Crippen LogP contribution in [-0.2, 0) is 17.8 Å². The number of aromatic nitrogens is 2. The molecule has 3 rings (SSSR count). The zero-order valence-electron chi connectivity index (χ0n) is 12.8. The van der Waals surface area contributed by atoms with Crippen molar-refractivity contribution in [3.05, 3.63) is 46.2 Å². The van der Waals surface area contributed by atoms with E-state index in [-0.39, 0.29) is 5.91 Å². The molecule has 1 amide bonds. The largest absolute Gasteiger partial charge is 0.492 e. The monoisotopic (exact) mass is 335 g/mol. The van der Waals surface area contributed by atoms with Gasteiger partial charge in [-0.3, -0.25) is 9.89 Å². The maximum Gasteiger partial charge on any atom is 0.274 e. The van der Waals surface area contributed by atoms with Gasteiger partial charge in [0.1, 0.15) is 12.4 Å². The highest BCUT2D eigenvalue weighted by Gasteiger charge is 2.24. The Hall–Kier alpha value is -2.05. The van der Waals surface area contributed by atoms with Crippen LogP contribution in [0.25, 0.3) is 0 Å². The number of hydrogen-bond acceptors (Lipinski definition) is 4. The van der Waals surface area contributed by atoms with Crippen LogP contribution in [0.5, 0.6) is 5.75 Å². The van der Waals surface area contributed by atoms with E-state index in [9.17, 15) is 4.79 Å². The SMILES string of the molecule is CN(CCOc1cccc(Cl)c1)C(=O)c1n[nH]c2c1COCC2. The Bertz CT molecular complexity index is 702. The van der Waals surface area contributed by atoms with Crippen LogP contribution in [0.1, 0.15) is 21.7 Å². The second-order valence-corrected chi connectivity index (χ2v) is 5.80. The molecule has 0 spiro atoms. The third-order valence-electron chi connectivity index (χ3n) is 3.74. The standard InChI is InChI=1S/C16H18ClN3O3/c1-20(6-8-23-12-4-2-3-11(17)9-12)16(21)15-13-10-22-7-5-14(13)18-19-15/h2-4,9H,5-8,10H2,1H3,(H,18,19). The highest BCUT2D eigenvalue weighted by molar-refractivity contribution is 6.30. The number of halogens is 1. The fraction of sp³-hybridized carbons (Fsp3) is 0.375. The molecule has 1 aliphatic heterocycles. The van der Waals surface area contributed by atoms with Crippen molar-refractivity contribution in [1.82, 2.24) is 15.1 Å². The van der Waals surface area contributed by atoms with Crippen molar-refractivity contribution in [3.63, 3.8) is 0 Å². The summed E-state index contributed by atoms with van der Waals surface area (Å²) in [6.07, 6.45) is 0.761. The molecule has 0 saturated heterocycles. The third kappa shape index (κ3) is 3.65. The van der Waals surface area contributed by atoms with Crippen molar-refractivity contribution in [2.75, 3.05) is 26.8 Å². The van der Waals surface area contributed by atoms with Crippen molar-refractivity contribution in [3.8, 4) is 5.75 Å². The quantitative estimate of drug-likeness (QED) is 0.910. The van der Waals surface area contributed by atoms with Crippen LogP contribution in [0, 0.1) is 0 Å². The number of likely N-dealkylation sites (N-methyl/N-ethyl adjacent to an activating group) is 1. The van der Waals surface area contributed by atoms with Crippen LogP contribution in [-0.4, -0.2) is 47.8 Å². The summed E-state index contributed by atoms with van der Waals surface area (Å²) < 4.78 is 11.0. The van der Waals surface area contributed by atoms with E-state index in [1.807, 2.05) is 12.1 Å². The van der Waals surface area contributed by atoms with Gasteiger partial charge in [0.05, 0.1) is 19.8 Å². The van der Waals surface area contributed by atoms with E-state index in [0.717, 1.165) is 17.7 Å². The van der Waals surface area contributed by atoms with Gasteiger partial charge in [-0.2, -0.15) is 5.10 Å². The lowest BCUT2D eigenvalue weighted by molar-refractivity contribution is 0.0754. The number of H-pyrrole nitrogens is 1. The highest BCUT2D eigenvalue weighted by Crippen LogP contribution is 2.19. The van der Waals surface area contributed by atoms with Crippen LogP contribution in [0.15, 0.2) is 24.3 Å². The Balaban J connectivity index is 1.56. The summed E-state index contributed by atoms with van der Waals surface area (Å²) in [7, 11) is 1.73. The Morgan fingerprint density at radius 1 is 1.52 bits per heavy atom. The fourth-order valence-corrected chi connectivity index (χ4v) is 2.61. The molecule has 23 heavy (non-hydrogen) atoms. The number of amides is 1. The molecule has 6 nitrogen and oxygen atoms in total. The predicted octanol–water partition coefficient (Wildman–Crippen LogP) is 2.29. The number of aromatic amines is 1. The van der Waals surface area contributed by atoms with Crippen molar-refractivity contribution < 1.29 is 14.3 Å². The van der Waals surface area contributed by atoms with Crippen LogP contribution in [0.4, 0.5) is 0 Å².